The summed E-state index contributed by atoms with van der Waals surface area (Å²) in [6.07, 6.45) is 3.61. The fourth-order valence-corrected chi connectivity index (χ4v) is 2.58. The molecule has 0 saturated carbocycles. The highest BCUT2D eigenvalue weighted by Gasteiger charge is 2.16. The van der Waals surface area contributed by atoms with Crippen molar-refractivity contribution in [2.45, 2.75) is 12.8 Å². The van der Waals surface area contributed by atoms with Crippen LogP contribution in [0.3, 0.4) is 0 Å². The van der Waals surface area contributed by atoms with Crippen LogP contribution in [0.1, 0.15) is 31.8 Å². The first-order chi connectivity index (χ1) is 8.81. The Labute approximate surface area is 105 Å². The van der Waals surface area contributed by atoms with Crippen LogP contribution in [-0.2, 0) is 12.8 Å². The van der Waals surface area contributed by atoms with Gasteiger partial charge in [-0.1, -0.05) is 24.3 Å². The summed E-state index contributed by atoms with van der Waals surface area (Å²) >= 11 is 0. The van der Waals surface area contributed by atoms with Crippen LogP contribution in [0.2, 0.25) is 0 Å². The van der Waals surface area contributed by atoms with Crippen LogP contribution < -0.4 is 0 Å². The molecule has 2 nitrogen and oxygen atoms in total. The number of carbonyl (C=O) groups is 2. The average Bonchev–Trinajstić information content (AvgIpc) is 2.45. The number of carbonyl (C=O) groups excluding carboxylic acids is 2. The van der Waals surface area contributed by atoms with Gasteiger partial charge in [0.2, 0.25) is 0 Å². The maximum Gasteiger partial charge on any atom is 0.150 e. The van der Waals surface area contributed by atoms with Gasteiger partial charge in [0.1, 0.15) is 12.6 Å². The van der Waals surface area contributed by atoms with Gasteiger partial charge < -0.3 is 0 Å². The summed E-state index contributed by atoms with van der Waals surface area (Å²) in [5, 5.41) is 0. The smallest absolute Gasteiger partial charge is 0.150 e. The minimum Gasteiger partial charge on any atom is -0.298 e. The first kappa shape index (κ1) is 10.9. The van der Waals surface area contributed by atoms with E-state index in [0.717, 1.165) is 36.5 Å². The molecule has 0 atom stereocenters. The van der Waals surface area contributed by atoms with Crippen molar-refractivity contribution in [3.05, 3.63) is 58.7 Å². The second-order valence-electron chi connectivity index (χ2n) is 4.57. The summed E-state index contributed by atoms with van der Waals surface area (Å²) in [4.78, 5) is 21.6. The number of aldehydes is 2. The van der Waals surface area contributed by atoms with Gasteiger partial charge in [-0.15, -0.1) is 0 Å². The number of benzene rings is 2. The molecule has 0 N–H and O–H groups in total. The lowest BCUT2D eigenvalue weighted by atomic mass is 9.84. The molecule has 0 radical (unpaired) electrons. The van der Waals surface area contributed by atoms with E-state index in [9.17, 15) is 9.59 Å². The van der Waals surface area contributed by atoms with E-state index < -0.39 is 0 Å². The molecule has 3 rings (SSSR count). The van der Waals surface area contributed by atoms with Crippen molar-refractivity contribution < 1.29 is 9.59 Å². The Morgan fingerprint density at radius 2 is 1.17 bits per heavy atom. The Balaban J connectivity index is 2.17. The van der Waals surface area contributed by atoms with E-state index in [2.05, 4.69) is 0 Å². The fourth-order valence-electron chi connectivity index (χ4n) is 2.58. The number of aryl methyl sites for hydroxylation is 2. The second kappa shape index (κ2) is 4.22. The number of fused-ring (bicyclic) bond motifs is 3. The van der Waals surface area contributed by atoms with Crippen molar-refractivity contribution in [1.29, 1.82) is 0 Å². The lowest BCUT2D eigenvalue weighted by Crippen LogP contribution is -2.05. The molecule has 1 aliphatic carbocycles. The quantitative estimate of drug-likeness (QED) is 0.751. The molecule has 0 fully saturated rings. The molecular weight excluding hydrogens is 224 g/mol. The molecule has 0 amide bonds. The molecule has 0 aromatic heterocycles. The van der Waals surface area contributed by atoms with Gasteiger partial charge in [-0.2, -0.15) is 0 Å². The number of hydrogen-bond donors (Lipinski definition) is 0. The van der Waals surface area contributed by atoms with Crippen LogP contribution in [0.25, 0.3) is 11.1 Å². The van der Waals surface area contributed by atoms with Gasteiger partial charge in [-0.05, 0) is 47.2 Å². The van der Waals surface area contributed by atoms with Crippen LogP contribution in [0.5, 0.6) is 0 Å². The third kappa shape index (κ3) is 1.66. The van der Waals surface area contributed by atoms with Crippen LogP contribution in [0, 0.1) is 0 Å². The molecule has 88 valence electrons. The second-order valence-corrected chi connectivity index (χ2v) is 4.57. The summed E-state index contributed by atoms with van der Waals surface area (Å²) in [5.74, 6) is 0. The van der Waals surface area contributed by atoms with Gasteiger partial charge in [0.15, 0.2) is 0 Å². The molecule has 2 aromatic rings. The maximum atomic E-state index is 10.8. The Morgan fingerprint density at radius 3 is 1.56 bits per heavy atom. The number of rotatable bonds is 2. The van der Waals surface area contributed by atoms with Crippen molar-refractivity contribution in [2.24, 2.45) is 0 Å². The largest absolute Gasteiger partial charge is 0.298 e. The SMILES string of the molecule is O=Cc1ccc2c(c1)CCc1cc(C=O)ccc1-2. The van der Waals surface area contributed by atoms with Gasteiger partial charge in [0, 0.05) is 11.1 Å². The first-order valence-electron chi connectivity index (χ1n) is 5.98. The van der Waals surface area contributed by atoms with Gasteiger partial charge in [-0.3, -0.25) is 9.59 Å². The summed E-state index contributed by atoms with van der Waals surface area (Å²) in [5.41, 5.74) is 6.24. The average molecular weight is 236 g/mol. The zero-order valence-electron chi connectivity index (χ0n) is 9.85. The molecule has 0 bridgehead atoms. The molecule has 1 aliphatic rings. The molecule has 2 aromatic carbocycles. The summed E-state index contributed by atoms with van der Waals surface area (Å²) in [6, 6.07) is 11.6. The van der Waals surface area contributed by atoms with E-state index in [1.54, 1.807) is 0 Å². The summed E-state index contributed by atoms with van der Waals surface area (Å²) < 4.78 is 0. The van der Waals surface area contributed by atoms with Crippen molar-refractivity contribution in [3.63, 3.8) is 0 Å². The molecular formula is C16H12O2. The van der Waals surface area contributed by atoms with Crippen molar-refractivity contribution in [3.8, 4) is 11.1 Å². The van der Waals surface area contributed by atoms with Gasteiger partial charge in [-0.25, -0.2) is 0 Å². The van der Waals surface area contributed by atoms with Crippen LogP contribution in [-0.4, -0.2) is 12.6 Å². The molecule has 0 unspecified atom stereocenters. The van der Waals surface area contributed by atoms with Crippen molar-refractivity contribution in [1.82, 2.24) is 0 Å². The highest BCUT2D eigenvalue weighted by molar-refractivity contribution is 5.83. The number of hydrogen-bond acceptors (Lipinski definition) is 2. The van der Waals surface area contributed by atoms with Crippen molar-refractivity contribution >= 4 is 12.6 Å². The van der Waals surface area contributed by atoms with Crippen LogP contribution >= 0.6 is 0 Å². The maximum absolute atomic E-state index is 10.8. The topological polar surface area (TPSA) is 34.1 Å². The van der Waals surface area contributed by atoms with E-state index in [1.807, 2.05) is 36.4 Å². The van der Waals surface area contributed by atoms with E-state index >= 15 is 0 Å². The zero-order valence-corrected chi connectivity index (χ0v) is 9.85. The zero-order chi connectivity index (χ0) is 12.5. The molecule has 0 spiro atoms. The van der Waals surface area contributed by atoms with Crippen LogP contribution in [0.4, 0.5) is 0 Å². The predicted molar refractivity (Wildman–Crippen MR) is 70.1 cm³/mol. The lowest BCUT2D eigenvalue weighted by Gasteiger charge is -2.20. The fraction of sp³-hybridized carbons (Fsp3) is 0.125. The minimum atomic E-state index is 0.724. The first-order valence-corrected chi connectivity index (χ1v) is 5.98. The molecule has 18 heavy (non-hydrogen) atoms. The highest BCUT2D eigenvalue weighted by atomic mass is 16.1. The van der Waals surface area contributed by atoms with E-state index in [-0.39, 0.29) is 0 Å². The Morgan fingerprint density at radius 1 is 0.722 bits per heavy atom. The minimum absolute atomic E-state index is 0.724. The van der Waals surface area contributed by atoms with Gasteiger partial charge in [0.25, 0.3) is 0 Å². The Hall–Kier alpha value is -2.22. The van der Waals surface area contributed by atoms with Gasteiger partial charge in [0.05, 0.1) is 0 Å². The third-order valence-electron chi connectivity index (χ3n) is 3.48. The molecule has 0 aliphatic heterocycles. The molecule has 0 saturated heterocycles. The van der Waals surface area contributed by atoms with Gasteiger partial charge >= 0.3 is 0 Å². The summed E-state index contributed by atoms with van der Waals surface area (Å²) in [7, 11) is 0. The summed E-state index contributed by atoms with van der Waals surface area (Å²) in [6.45, 7) is 0. The van der Waals surface area contributed by atoms with Crippen molar-refractivity contribution in [2.75, 3.05) is 0 Å². The highest BCUT2D eigenvalue weighted by Crippen LogP contribution is 2.34. The van der Waals surface area contributed by atoms with E-state index in [0.29, 0.717) is 0 Å². The van der Waals surface area contributed by atoms with Crippen LogP contribution in [0.15, 0.2) is 36.4 Å². The third-order valence-corrected chi connectivity index (χ3v) is 3.48. The normalized spacial score (nSPS) is 12.4. The Bertz CT molecular complexity index is 584. The monoisotopic (exact) mass is 236 g/mol. The van der Waals surface area contributed by atoms with E-state index in [4.69, 9.17) is 0 Å². The predicted octanol–water partition coefficient (Wildman–Crippen LogP) is 3.08. The Kier molecular flexibility index (Phi) is 2.56. The lowest BCUT2D eigenvalue weighted by molar-refractivity contribution is 0.111. The standard InChI is InChI=1S/C16H12O2/c17-9-11-1-5-15-13(7-11)3-4-14-8-12(10-18)2-6-16(14)15/h1-2,5-10H,3-4H2. The van der Waals surface area contributed by atoms with E-state index in [1.165, 1.54) is 22.3 Å². The molecule has 0 heterocycles. The molecule has 2 heteroatoms.